The second-order valence-corrected chi connectivity index (χ2v) is 4.68. The van der Waals surface area contributed by atoms with Crippen LogP contribution in [0, 0.1) is 0 Å². The number of rotatable bonds is 3. The van der Waals surface area contributed by atoms with Crippen LogP contribution >= 0.6 is 0 Å². The lowest BCUT2D eigenvalue weighted by atomic mass is 9.96. The predicted molar refractivity (Wildman–Crippen MR) is 81.7 cm³/mol. The molecule has 3 heteroatoms. The predicted octanol–water partition coefficient (Wildman–Crippen LogP) is 3.34. The second-order valence-electron chi connectivity index (χ2n) is 4.68. The van der Waals surface area contributed by atoms with Crippen molar-refractivity contribution in [3.8, 4) is 11.1 Å². The molecule has 0 aliphatic heterocycles. The van der Waals surface area contributed by atoms with E-state index in [1.807, 2.05) is 18.5 Å². The molecular formula is C17H20N3+. The standard InChI is InChI=1S/C17H20N3/c1-5-13(3)15(6-2)17-16(8-7-9-20(17)4)14-10-18-12-19-11-14/h5-12H,1-4H3/q+1. The molecule has 0 atom stereocenters. The lowest BCUT2D eigenvalue weighted by molar-refractivity contribution is -0.673. The first-order chi connectivity index (χ1) is 9.69. The first kappa shape index (κ1) is 14.1. The molecule has 0 aliphatic carbocycles. The lowest BCUT2D eigenvalue weighted by Crippen LogP contribution is -2.33. The van der Waals surface area contributed by atoms with Crippen molar-refractivity contribution >= 4 is 5.57 Å². The zero-order chi connectivity index (χ0) is 14.5. The summed E-state index contributed by atoms with van der Waals surface area (Å²) in [5.41, 5.74) is 5.84. The summed E-state index contributed by atoms with van der Waals surface area (Å²) >= 11 is 0. The molecule has 0 bridgehead atoms. The maximum absolute atomic E-state index is 4.13. The number of aromatic nitrogens is 3. The van der Waals surface area contributed by atoms with Crippen molar-refractivity contribution < 1.29 is 4.57 Å². The fourth-order valence-corrected chi connectivity index (χ4v) is 2.32. The summed E-state index contributed by atoms with van der Waals surface area (Å²) in [7, 11) is 2.06. The van der Waals surface area contributed by atoms with E-state index in [2.05, 4.69) is 66.8 Å². The van der Waals surface area contributed by atoms with Crippen molar-refractivity contribution in [3.05, 3.63) is 60.5 Å². The zero-order valence-electron chi connectivity index (χ0n) is 12.5. The zero-order valence-corrected chi connectivity index (χ0v) is 12.5. The van der Waals surface area contributed by atoms with Crippen LogP contribution in [0.5, 0.6) is 0 Å². The highest BCUT2D eigenvalue weighted by molar-refractivity contribution is 5.83. The SMILES string of the molecule is CC=C(C)C(=CC)c1c(-c2cncnc2)ccc[n+]1C. The van der Waals surface area contributed by atoms with Crippen LogP contribution in [-0.2, 0) is 7.05 Å². The fraction of sp³-hybridized carbons (Fsp3) is 0.235. The van der Waals surface area contributed by atoms with Gasteiger partial charge >= 0.3 is 0 Å². The van der Waals surface area contributed by atoms with Gasteiger partial charge in [-0.25, -0.2) is 14.5 Å². The van der Waals surface area contributed by atoms with Crippen LogP contribution in [0.15, 0.2) is 54.8 Å². The Hall–Kier alpha value is -2.29. The molecule has 0 spiro atoms. The third-order valence-corrected chi connectivity index (χ3v) is 3.45. The smallest absolute Gasteiger partial charge is 0.220 e. The van der Waals surface area contributed by atoms with Gasteiger partial charge in [-0.3, -0.25) is 0 Å². The third-order valence-electron chi connectivity index (χ3n) is 3.45. The Balaban J connectivity index is 2.70. The van der Waals surface area contributed by atoms with Crippen LogP contribution in [0.25, 0.3) is 16.7 Å². The molecule has 0 radical (unpaired) electrons. The summed E-state index contributed by atoms with van der Waals surface area (Å²) in [4.78, 5) is 8.26. The van der Waals surface area contributed by atoms with Crippen LogP contribution < -0.4 is 4.57 Å². The Kier molecular flexibility index (Phi) is 4.41. The normalized spacial score (nSPS) is 12.6. The Morgan fingerprint density at radius 3 is 2.45 bits per heavy atom. The minimum atomic E-state index is 1.03. The lowest BCUT2D eigenvalue weighted by Gasteiger charge is -2.10. The average molecular weight is 266 g/mol. The molecule has 3 nitrogen and oxygen atoms in total. The Labute approximate surface area is 120 Å². The summed E-state index contributed by atoms with van der Waals surface area (Å²) in [6, 6.07) is 4.16. The number of allylic oxidation sites excluding steroid dienone is 4. The minimum Gasteiger partial charge on any atom is -0.244 e. The Bertz CT molecular complexity index is 655. The largest absolute Gasteiger partial charge is 0.244 e. The highest BCUT2D eigenvalue weighted by Gasteiger charge is 2.20. The number of nitrogens with zero attached hydrogens (tertiary/aromatic N) is 3. The molecule has 0 aromatic carbocycles. The van der Waals surface area contributed by atoms with Gasteiger partial charge in [0.25, 0.3) is 0 Å². The molecular weight excluding hydrogens is 246 g/mol. The number of hydrogen-bond acceptors (Lipinski definition) is 2. The first-order valence-electron chi connectivity index (χ1n) is 6.73. The third kappa shape index (κ3) is 2.67. The minimum absolute atomic E-state index is 1.03. The van der Waals surface area contributed by atoms with Crippen molar-refractivity contribution in [2.24, 2.45) is 7.05 Å². The summed E-state index contributed by atoms with van der Waals surface area (Å²) in [5.74, 6) is 0. The summed E-state index contributed by atoms with van der Waals surface area (Å²) in [5, 5.41) is 0. The van der Waals surface area contributed by atoms with Gasteiger partial charge in [0.05, 0.1) is 5.56 Å². The Morgan fingerprint density at radius 1 is 1.15 bits per heavy atom. The number of aryl methyl sites for hydroxylation is 1. The van der Waals surface area contributed by atoms with Crippen molar-refractivity contribution in [2.75, 3.05) is 0 Å². The molecule has 2 aromatic heterocycles. The molecule has 0 N–H and O–H groups in total. The molecule has 2 rings (SSSR count). The van der Waals surface area contributed by atoms with Gasteiger partial charge in [-0.05, 0) is 32.4 Å². The second kappa shape index (κ2) is 6.24. The Morgan fingerprint density at radius 2 is 1.85 bits per heavy atom. The van der Waals surface area contributed by atoms with Gasteiger partial charge in [-0.2, -0.15) is 0 Å². The first-order valence-corrected chi connectivity index (χ1v) is 6.73. The van der Waals surface area contributed by atoms with Crippen LogP contribution in [0.3, 0.4) is 0 Å². The highest BCUT2D eigenvalue weighted by atomic mass is 14.9. The van der Waals surface area contributed by atoms with E-state index in [1.54, 1.807) is 6.33 Å². The number of pyridine rings is 1. The summed E-state index contributed by atoms with van der Waals surface area (Å²) in [6.07, 6.45) is 11.6. The van der Waals surface area contributed by atoms with Gasteiger partial charge in [0.2, 0.25) is 5.69 Å². The molecule has 0 amide bonds. The van der Waals surface area contributed by atoms with E-state index in [0.717, 1.165) is 11.1 Å². The van der Waals surface area contributed by atoms with Crippen LogP contribution in [0.1, 0.15) is 26.5 Å². The molecule has 0 unspecified atom stereocenters. The molecule has 2 heterocycles. The van der Waals surface area contributed by atoms with Crippen LogP contribution in [0.2, 0.25) is 0 Å². The van der Waals surface area contributed by atoms with Crippen molar-refractivity contribution in [1.82, 2.24) is 9.97 Å². The molecule has 0 saturated heterocycles. The van der Waals surface area contributed by atoms with E-state index < -0.39 is 0 Å². The van der Waals surface area contributed by atoms with Crippen molar-refractivity contribution in [1.29, 1.82) is 0 Å². The van der Waals surface area contributed by atoms with Gasteiger partial charge in [0.15, 0.2) is 6.20 Å². The van der Waals surface area contributed by atoms with E-state index in [1.165, 1.54) is 16.8 Å². The van der Waals surface area contributed by atoms with E-state index in [0.29, 0.717) is 0 Å². The quantitative estimate of drug-likeness (QED) is 0.630. The van der Waals surface area contributed by atoms with Gasteiger partial charge in [-0.1, -0.05) is 12.2 Å². The monoisotopic (exact) mass is 266 g/mol. The summed E-state index contributed by atoms with van der Waals surface area (Å²) < 4.78 is 2.14. The van der Waals surface area contributed by atoms with E-state index in [9.17, 15) is 0 Å². The van der Waals surface area contributed by atoms with E-state index in [4.69, 9.17) is 0 Å². The van der Waals surface area contributed by atoms with E-state index in [-0.39, 0.29) is 0 Å². The molecule has 102 valence electrons. The topological polar surface area (TPSA) is 29.7 Å². The average Bonchev–Trinajstić information content (AvgIpc) is 2.50. The van der Waals surface area contributed by atoms with E-state index >= 15 is 0 Å². The van der Waals surface area contributed by atoms with Gasteiger partial charge in [-0.15, -0.1) is 0 Å². The summed E-state index contributed by atoms with van der Waals surface area (Å²) in [6.45, 7) is 6.27. The maximum Gasteiger partial charge on any atom is 0.220 e. The van der Waals surface area contributed by atoms with Crippen molar-refractivity contribution in [3.63, 3.8) is 0 Å². The number of hydrogen-bond donors (Lipinski definition) is 0. The molecule has 0 saturated carbocycles. The molecule has 0 aliphatic rings. The fourth-order valence-electron chi connectivity index (χ4n) is 2.32. The highest BCUT2D eigenvalue weighted by Crippen LogP contribution is 2.29. The van der Waals surface area contributed by atoms with Gasteiger partial charge in [0, 0.05) is 29.6 Å². The van der Waals surface area contributed by atoms with Gasteiger partial charge in [0.1, 0.15) is 13.4 Å². The molecule has 2 aromatic rings. The molecule has 20 heavy (non-hydrogen) atoms. The van der Waals surface area contributed by atoms with Crippen LogP contribution in [-0.4, -0.2) is 9.97 Å². The van der Waals surface area contributed by atoms with Crippen LogP contribution in [0.4, 0.5) is 0 Å². The molecule has 0 fully saturated rings. The van der Waals surface area contributed by atoms with Gasteiger partial charge < -0.3 is 0 Å². The van der Waals surface area contributed by atoms with Crippen molar-refractivity contribution in [2.45, 2.75) is 20.8 Å². The maximum atomic E-state index is 4.13.